The zero-order valence-electron chi connectivity index (χ0n) is 28.1. The fourth-order valence-electron chi connectivity index (χ4n) is 5.57. The van der Waals surface area contributed by atoms with Gasteiger partial charge in [0.2, 0.25) is 9.84 Å². The molecule has 1 aromatic heterocycles. The van der Waals surface area contributed by atoms with E-state index in [9.17, 15) is 18.0 Å². The van der Waals surface area contributed by atoms with Gasteiger partial charge in [-0.2, -0.15) is 0 Å². The molecule has 9 nitrogen and oxygen atoms in total. The van der Waals surface area contributed by atoms with Crippen molar-refractivity contribution in [2.24, 2.45) is 0 Å². The van der Waals surface area contributed by atoms with Crippen LogP contribution in [-0.4, -0.2) is 49.3 Å². The normalized spacial score (nSPS) is 11.3. The van der Waals surface area contributed by atoms with Crippen molar-refractivity contribution in [3.8, 4) is 22.3 Å². The summed E-state index contributed by atoms with van der Waals surface area (Å²) in [5.41, 5.74) is 6.29. The summed E-state index contributed by atoms with van der Waals surface area (Å²) < 4.78 is 38.5. The largest absolute Gasteiger partial charge is 0.465 e. The number of aryl methyl sites for hydroxylation is 1. The molecule has 0 unspecified atom stereocenters. The first-order valence-corrected chi connectivity index (χ1v) is 18.1. The molecule has 0 amide bonds. The highest BCUT2D eigenvalue weighted by atomic mass is 32.2. The van der Waals surface area contributed by atoms with Crippen LogP contribution in [0.4, 0.5) is 0 Å². The van der Waals surface area contributed by atoms with Gasteiger partial charge in [0.25, 0.3) is 5.16 Å². The Labute approximate surface area is 287 Å². The molecule has 5 rings (SSSR count). The molecule has 0 saturated carbocycles. The topological polar surface area (TPSA) is 117 Å². The maximum atomic E-state index is 13.6. The molecule has 0 aliphatic heterocycles. The minimum atomic E-state index is -3.82. The van der Waals surface area contributed by atoms with Gasteiger partial charge >= 0.3 is 11.9 Å². The highest BCUT2D eigenvalue weighted by molar-refractivity contribution is 7.90. The van der Waals surface area contributed by atoms with Crippen LogP contribution in [0.15, 0.2) is 102 Å². The van der Waals surface area contributed by atoms with Gasteiger partial charge in [0.05, 0.1) is 37.6 Å². The number of methoxy groups -OCH3 is 2. The van der Waals surface area contributed by atoms with Crippen LogP contribution in [0, 0.1) is 0 Å². The van der Waals surface area contributed by atoms with Crippen molar-refractivity contribution in [2.45, 2.75) is 62.9 Å². The van der Waals surface area contributed by atoms with E-state index in [2.05, 4.69) is 17.0 Å². The van der Waals surface area contributed by atoms with Gasteiger partial charge in [-0.3, -0.25) is 0 Å². The van der Waals surface area contributed by atoms with Gasteiger partial charge < -0.3 is 9.47 Å². The number of benzene rings is 4. The van der Waals surface area contributed by atoms with Gasteiger partial charge in [0, 0.05) is 6.42 Å². The molecule has 0 aliphatic rings. The van der Waals surface area contributed by atoms with E-state index in [0.717, 1.165) is 53.5 Å². The number of unbranched alkanes of at least 4 members (excludes halogenated alkanes) is 4. The van der Waals surface area contributed by atoms with Crippen LogP contribution >= 0.6 is 0 Å². The lowest BCUT2D eigenvalue weighted by Gasteiger charge is -2.08. The third-order valence-electron chi connectivity index (χ3n) is 8.39. The minimum absolute atomic E-state index is 0.166. The van der Waals surface area contributed by atoms with Gasteiger partial charge in [-0.1, -0.05) is 105 Å². The number of aromatic nitrogens is 3. The summed E-state index contributed by atoms with van der Waals surface area (Å²) >= 11 is 0. The standard InChI is InChI=1S/C39H41N3O6S/c1-4-5-6-7-8-9-36-40-39(41-42(36)26-28-10-14-30(15-11-28)32-18-22-34(23-19-32)37(43)47-2)49(45,46)27-29-12-16-31(17-13-29)33-20-24-35(25-21-33)38(44)48-3/h10-25H,4-9,26-27H2,1-3H3. The molecule has 0 atom stereocenters. The number of nitrogens with zero attached hydrogens (tertiary/aromatic N) is 3. The van der Waals surface area contributed by atoms with E-state index < -0.39 is 15.8 Å². The number of carbonyl (C=O) groups excluding carboxylic acids is 2. The lowest BCUT2D eigenvalue weighted by Crippen LogP contribution is -2.09. The maximum Gasteiger partial charge on any atom is 0.337 e. The molecule has 49 heavy (non-hydrogen) atoms. The first-order chi connectivity index (χ1) is 23.7. The number of carbonyl (C=O) groups is 2. The third-order valence-corrected chi connectivity index (χ3v) is 9.83. The summed E-state index contributed by atoms with van der Waals surface area (Å²) in [6.07, 6.45) is 6.03. The van der Waals surface area contributed by atoms with Crippen LogP contribution in [0.2, 0.25) is 0 Å². The summed E-state index contributed by atoms with van der Waals surface area (Å²) in [4.78, 5) is 28.1. The molecule has 0 N–H and O–H groups in total. The lowest BCUT2D eigenvalue weighted by molar-refractivity contribution is 0.0592. The molecule has 10 heteroatoms. The van der Waals surface area contributed by atoms with E-state index in [1.165, 1.54) is 20.6 Å². The fourth-order valence-corrected chi connectivity index (χ4v) is 6.80. The SMILES string of the molecule is CCCCCCCc1nc(S(=O)(=O)Cc2ccc(-c3ccc(C(=O)OC)cc3)cc2)nn1Cc1ccc(-c2ccc(C(=O)OC)cc2)cc1. The Morgan fingerprint density at radius 1 is 0.633 bits per heavy atom. The van der Waals surface area contributed by atoms with Crippen LogP contribution in [0.1, 0.15) is 76.7 Å². The predicted molar refractivity (Wildman–Crippen MR) is 189 cm³/mol. The summed E-state index contributed by atoms with van der Waals surface area (Å²) in [5, 5.41) is 4.37. The average molecular weight is 680 g/mol. The summed E-state index contributed by atoms with van der Waals surface area (Å²) in [6, 6.07) is 29.6. The van der Waals surface area contributed by atoms with E-state index in [4.69, 9.17) is 9.47 Å². The monoisotopic (exact) mass is 679 g/mol. The number of esters is 2. The lowest BCUT2D eigenvalue weighted by atomic mass is 10.0. The van der Waals surface area contributed by atoms with E-state index >= 15 is 0 Å². The molecule has 0 bridgehead atoms. The number of ether oxygens (including phenoxy) is 2. The molecule has 0 spiro atoms. The van der Waals surface area contributed by atoms with Crippen molar-refractivity contribution in [3.05, 3.63) is 125 Å². The molecule has 0 saturated heterocycles. The average Bonchev–Trinajstić information content (AvgIpc) is 3.54. The van der Waals surface area contributed by atoms with Gasteiger partial charge in [0.15, 0.2) is 0 Å². The zero-order chi connectivity index (χ0) is 34.8. The van der Waals surface area contributed by atoms with Gasteiger partial charge in [-0.05, 0) is 64.1 Å². The van der Waals surface area contributed by atoms with Crippen molar-refractivity contribution >= 4 is 21.8 Å². The smallest absolute Gasteiger partial charge is 0.337 e. The molecule has 4 aromatic carbocycles. The quantitative estimate of drug-likeness (QED) is 0.0816. The minimum Gasteiger partial charge on any atom is -0.465 e. The Bertz CT molecular complexity index is 1970. The number of hydrogen-bond donors (Lipinski definition) is 0. The van der Waals surface area contributed by atoms with E-state index in [0.29, 0.717) is 35.5 Å². The van der Waals surface area contributed by atoms with Crippen LogP contribution in [0.3, 0.4) is 0 Å². The molecular weight excluding hydrogens is 639 g/mol. The van der Waals surface area contributed by atoms with E-state index in [1.54, 1.807) is 41.1 Å². The maximum absolute atomic E-state index is 13.6. The summed E-state index contributed by atoms with van der Waals surface area (Å²) in [6.45, 7) is 2.56. The van der Waals surface area contributed by atoms with Crippen molar-refractivity contribution in [1.29, 1.82) is 0 Å². The van der Waals surface area contributed by atoms with Crippen molar-refractivity contribution in [3.63, 3.8) is 0 Å². The molecule has 1 heterocycles. The van der Waals surface area contributed by atoms with Crippen molar-refractivity contribution in [1.82, 2.24) is 14.8 Å². The second kappa shape index (κ2) is 16.3. The van der Waals surface area contributed by atoms with Crippen LogP contribution in [0.5, 0.6) is 0 Å². The zero-order valence-corrected chi connectivity index (χ0v) is 28.9. The second-order valence-electron chi connectivity index (χ2n) is 11.9. The van der Waals surface area contributed by atoms with Crippen molar-refractivity contribution < 1.29 is 27.5 Å². The Balaban J connectivity index is 1.31. The van der Waals surface area contributed by atoms with Crippen molar-refractivity contribution in [2.75, 3.05) is 14.2 Å². The van der Waals surface area contributed by atoms with E-state index in [-0.39, 0.29) is 16.9 Å². The number of sulfone groups is 1. The molecule has 0 radical (unpaired) electrons. The van der Waals surface area contributed by atoms with Gasteiger partial charge in [0.1, 0.15) is 5.82 Å². The highest BCUT2D eigenvalue weighted by Gasteiger charge is 2.23. The molecule has 5 aromatic rings. The van der Waals surface area contributed by atoms with Crippen LogP contribution < -0.4 is 0 Å². The second-order valence-corrected chi connectivity index (χ2v) is 13.8. The predicted octanol–water partition coefficient (Wildman–Crippen LogP) is 7.72. The van der Waals surface area contributed by atoms with Gasteiger partial charge in [-0.15, -0.1) is 5.10 Å². The molecule has 0 fully saturated rings. The third kappa shape index (κ3) is 9.08. The Morgan fingerprint density at radius 2 is 1.08 bits per heavy atom. The Kier molecular flexibility index (Phi) is 11.7. The Hall–Kier alpha value is -5.09. The van der Waals surface area contributed by atoms with Crippen LogP contribution in [-0.2, 0) is 38.0 Å². The van der Waals surface area contributed by atoms with Crippen LogP contribution in [0.25, 0.3) is 22.3 Å². The summed E-state index contributed by atoms with van der Waals surface area (Å²) in [7, 11) is -1.12. The van der Waals surface area contributed by atoms with E-state index in [1.807, 2.05) is 60.7 Å². The first kappa shape index (κ1) is 35.2. The number of hydrogen-bond acceptors (Lipinski definition) is 8. The molecular formula is C39H41N3O6S. The van der Waals surface area contributed by atoms with Gasteiger partial charge in [-0.25, -0.2) is 27.7 Å². The Morgan fingerprint density at radius 3 is 1.55 bits per heavy atom. The summed E-state index contributed by atoms with van der Waals surface area (Å²) in [5.74, 6) is -0.348. The number of rotatable bonds is 15. The molecule has 0 aliphatic carbocycles. The fraction of sp³-hybridized carbons (Fsp3) is 0.282. The molecule has 254 valence electrons. The highest BCUT2D eigenvalue weighted by Crippen LogP contribution is 2.24. The first-order valence-electron chi connectivity index (χ1n) is 16.4.